The van der Waals surface area contributed by atoms with Crippen LogP contribution < -0.4 is 0 Å². The molecule has 0 radical (unpaired) electrons. The highest BCUT2D eigenvalue weighted by molar-refractivity contribution is 7.91. The molecule has 86 valence electrons. The molecule has 1 atom stereocenters. The maximum Gasteiger partial charge on any atom is 0.335 e. The fraction of sp³-hybridized carbons (Fsp3) is 0.700. The first-order chi connectivity index (χ1) is 6.96. The summed E-state index contributed by atoms with van der Waals surface area (Å²) < 4.78 is 27.7. The summed E-state index contributed by atoms with van der Waals surface area (Å²) in [4.78, 5) is 11.5. The van der Waals surface area contributed by atoms with Crippen LogP contribution in [0.2, 0.25) is 0 Å². The second-order valence-electron chi connectivity index (χ2n) is 3.63. The van der Waals surface area contributed by atoms with Gasteiger partial charge in [0.2, 0.25) is 0 Å². The van der Waals surface area contributed by atoms with E-state index in [1.54, 1.807) is 13.0 Å². The van der Waals surface area contributed by atoms with Gasteiger partial charge in [0.15, 0.2) is 9.84 Å². The van der Waals surface area contributed by atoms with Gasteiger partial charge in [-0.15, -0.1) is 0 Å². The number of allylic oxidation sites excluding steroid dienone is 1. The van der Waals surface area contributed by atoms with Gasteiger partial charge >= 0.3 is 5.97 Å². The first kappa shape index (κ1) is 12.2. The van der Waals surface area contributed by atoms with Crippen molar-refractivity contribution in [1.82, 2.24) is 0 Å². The molecule has 0 N–H and O–H groups in total. The summed E-state index contributed by atoms with van der Waals surface area (Å²) in [7, 11) is -3.21. The van der Waals surface area contributed by atoms with Crippen molar-refractivity contribution < 1.29 is 17.9 Å². The lowest BCUT2D eigenvalue weighted by Crippen LogP contribution is -2.29. The lowest BCUT2D eigenvalue weighted by Gasteiger charge is -2.21. The highest BCUT2D eigenvalue weighted by Crippen LogP contribution is 2.25. The Labute approximate surface area is 90.2 Å². The molecular formula is C10H16O4S. The predicted octanol–water partition coefficient (Wildman–Crippen LogP) is 1.07. The van der Waals surface area contributed by atoms with E-state index in [4.69, 9.17) is 4.74 Å². The van der Waals surface area contributed by atoms with Crippen LogP contribution in [0.3, 0.4) is 0 Å². The Bertz CT molecular complexity index is 367. The van der Waals surface area contributed by atoms with Crippen LogP contribution in [0, 0.1) is 0 Å². The molecule has 5 heteroatoms. The molecule has 0 aromatic heterocycles. The Morgan fingerprint density at radius 3 is 2.80 bits per heavy atom. The minimum absolute atomic E-state index is 0.270. The smallest absolute Gasteiger partial charge is 0.335 e. The summed E-state index contributed by atoms with van der Waals surface area (Å²) >= 11 is 0. The Morgan fingerprint density at radius 1 is 1.60 bits per heavy atom. The SMILES string of the molecule is CCOC(=O)C1=CCCCC1S(C)(=O)=O. The number of carbonyl (C=O) groups excluding carboxylic acids is 1. The third-order valence-corrected chi connectivity index (χ3v) is 3.93. The molecule has 0 saturated heterocycles. The number of ether oxygens (including phenoxy) is 1. The summed E-state index contributed by atoms with van der Waals surface area (Å²) in [6.45, 7) is 1.98. The molecule has 0 heterocycles. The number of sulfone groups is 1. The normalized spacial score (nSPS) is 22.0. The van der Waals surface area contributed by atoms with Crippen molar-refractivity contribution in [2.45, 2.75) is 31.4 Å². The van der Waals surface area contributed by atoms with Crippen LogP contribution in [-0.4, -0.2) is 32.5 Å². The van der Waals surface area contributed by atoms with E-state index in [1.807, 2.05) is 0 Å². The minimum atomic E-state index is -3.21. The van der Waals surface area contributed by atoms with Crippen LogP contribution in [0.25, 0.3) is 0 Å². The summed E-state index contributed by atoms with van der Waals surface area (Å²) in [6, 6.07) is 0. The largest absolute Gasteiger partial charge is 0.463 e. The highest BCUT2D eigenvalue weighted by Gasteiger charge is 2.31. The van der Waals surface area contributed by atoms with E-state index in [0.717, 1.165) is 19.1 Å². The van der Waals surface area contributed by atoms with Gasteiger partial charge in [-0.1, -0.05) is 6.08 Å². The average Bonchev–Trinajstić information content (AvgIpc) is 2.17. The monoisotopic (exact) mass is 232 g/mol. The third kappa shape index (κ3) is 3.06. The standard InChI is InChI=1S/C10H16O4S/c1-3-14-10(11)8-6-4-5-7-9(8)15(2,12)13/h6,9H,3-5,7H2,1-2H3. The zero-order valence-electron chi connectivity index (χ0n) is 9.02. The van der Waals surface area contributed by atoms with E-state index >= 15 is 0 Å². The van der Waals surface area contributed by atoms with Gasteiger partial charge in [-0.2, -0.15) is 0 Å². The first-order valence-electron chi connectivity index (χ1n) is 5.03. The molecule has 0 spiro atoms. The molecule has 0 amide bonds. The predicted molar refractivity (Wildman–Crippen MR) is 57.2 cm³/mol. The second kappa shape index (κ2) is 4.79. The van der Waals surface area contributed by atoms with Gasteiger partial charge in [0.25, 0.3) is 0 Å². The molecule has 1 aliphatic carbocycles. The number of hydrogen-bond donors (Lipinski definition) is 0. The number of rotatable bonds is 3. The van der Waals surface area contributed by atoms with E-state index in [-0.39, 0.29) is 6.61 Å². The van der Waals surface area contributed by atoms with Gasteiger partial charge < -0.3 is 4.74 Å². The van der Waals surface area contributed by atoms with Crippen molar-refractivity contribution in [3.05, 3.63) is 11.6 Å². The van der Waals surface area contributed by atoms with E-state index < -0.39 is 21.1 Å². The molecule has 1 aliphatic rings. The molecule has 0 saturated carbocycles. The summed E-state index contributed by atoms with van der Waals surface area (Å²) in [5, 5.41) is -0.676. The number of carbonyl (C=O) groups is 1. The van der Waals surface area contributed by atoms with Crippen molar-refractivity contribution in [2.75, 3.05) is 12.9 Å². The Morgan fingerprint density at radius 2 is 2.27 bits per heavy atom. The molecule has 0 bridgehead atoms. The molecule has 0 aromatic rings. The van der Waals surface area contributed by atoms with Gasteiger partial charge in [0.1, 0.15) is 0 Å². The molecule has 0 fully saturated rings. The van der Waals surface area contributed by atoms with E-state index in [0.29, 0.717) is 12.0 Å². The lowest BCUT2D eigenvalue weighted by molar-refractivity contribution is -0.138. The van der Waals surface area contributed by atoms with Gasteiger partial charge in [-0.05, 0) is 26.2 Å². The van der Waals surface area contributed by atoms with Crippen molar-refractivity contribution in [1.29, 1.82) is 0 Å². The van der Waals surface area contributed by atoms with Crippen molar-refractivity contribution in [2.24, 2.45) is 0 Å². The minimum Gasteiger partial charge on any atom is -0.463 e. The van der Waals surface area contributed by atoms with Crippen molar-refractivity contribution in [3.8, 4) is 0 Å². The Kier molecular flexibility index (Phi) is 3.90. The molecule has 4 nitrogen and oxygen atoms in total. The van der Waals surface area contributed by atoms with Crippen LogP contribution in [0.1, 0.15) is 26.2 Å². The zero-order chi connectivity index (χ0) is 11.5. The van der Waals surface area contributed by atoms with Crippen LogP contribution in [0.5, 0.6) is 0 Å². The van der Waals surface area contributed by atoms with Gasteiger partial charge in [-0.25, -0.2) is 13.2 Å². The third-order valence-electron chi connectivity index (χ3n) is 2.41. The Hall–Kier alpha value is -0.840. The lowest BCUT2D eigenvalue weighted by atomic mass is 9.99. The van der Waals surface area contributed by atoms with Crippen molar-refractivity contribution >= 4 is 15.8 Å². The molecule has 15 heavy (non-hydrogen) atoms. The maximum absolute atomic E-state index is 11.5. The van der Waals surface area contributed by atoms with Gasteiger partial charge in [0.05, 0.1) is 17.4 Å². The Balaban J connectivity index is 2.93. The van der Waals surface area contributed by atoms with E-state index in [1.165, 1.54) is 0 Å². The molecule has 1 unspecified atom stereocenters. The molecule has 1 rings (SSSR count). The summed E-state index contributed by atoms with van der Waals surface area (Å²) in [6.07, 6.45) is 4.92. The number of hydrogen-bond acceptors (Lipinski definition) is 4. The fourth-order valence-electron chi connectivity index (χ4n) is 1.72. The van der Waals surface area contributed by atoms with Gasteiger partial charge in [-0.3, -0.25) is 0 Å². The second-order valence-corrected chi connectivity index (χ2v) is 5.86. The fourth-order valence-corrected chi connectivity index (χ4v) is 2.97. The quantitative estimate of drug-likeness (QED) is 0.683. The first-order valence-corrected chi connectivity index (χ1v) is 6.98. The maximum atomic E-state index is 11.5. The summed E-state index contributed by atoms with van der Waals surface area (Å²) in [5.74, 6) is -0.493. The topological polar surface area (TPSA) is 60.4 Å². The molecule has 0 aromatic carbocycles. The van der Waals surface area contributed by atoms with Crippen molar-refractivity contribution in [3.63, 3.8) is 0 Å². The number of esters is 1. The highest BCUT2D eigenvalue weighted by atomic mass is 32.2. The average molecular weight is 232 g/mol. The van der Waals surface area contributed by atoms with Crippen LogP contribution in [-0.2, 0) is 19.4 Å². The van der Waals surface area contributed by atoms with Crippen LogP contribution in [0.15, 0.2) is 11.6 Å². The van der Waals surface area contributed by atoms with Crippen LogP contribution >= 0.6 is 0 Å². The van der Waals surface area contributed by atoms with E-state index in [2.05, 4.69) is 0 Å². The summed E-state index contributed by atoms with van der Waals surface area (Å²) in [5.41, 5.74) is 0.311. The molecular weight excluding hydrogens is 216 g/mol. The van der Waals surface area contributed by atoms with Gasteiger partial charge in [0, 0.05) is 6.26 Å². The zero-order valence-corrected chi connectivity index (χ0v) is 9.84. The molecule has 0 aliphatic heterocycles. The van der Waals surface area contributed by atoms with Crippen LogP contribution in [0.4, 0.5) is 0 Å². The van der Waals surface area contributed by atoms with E-state index in [9.17, 15) is 13.2 Å².